The molecule has 2 aliphatic carbocycles. The number of carbonyl (C=O) groups is 3. The Labute approximate surface area is 249 Å². The molecule has 1 saturated carbocycles. The van der Waals surface area contributed by atoms with Gasteiger partial charge in [0, 0.05) is 24.7 Å². The molecular weight excluding hydrogens is 526 g/mol. The van der Waals surface area contributed by atoms with Gasteiger partial charge in [-0.3, -0.25) is 14.4 Å². The van der Waals surface area contributed by atoms with Crippen molar-refractivity contribution in [3.8, 4) is 0 Å². The van der Waals surface area contributed by atoms with E-state index in [0.29, 0.717) is 36.8 Å². The van der Waals surface area contributed by atoms with Crippen LogP contribution in [0.5, 0.6) is 0 Å². The number of amides is 3. The molecule has 3 amide bonds. The minimum Gasteiger partial charge on any atom is -0.384 e. The van der Waals surface area contributed by atoms with Crippen molar-refractivity contribution in [2.24, 2.45) is 11.8 Å². The summed E-state index contributed by atoms with van der Waals surface area (Å²) in [4.78, 5) is 46.9. The number of rotatable bonds is 9. The number of nitrogens with two attached hydrogens (primary N) is 1. The van der Waals surface area contributed by atoms with Gasteiger partial charge in [-0.2, -0.15) is 0 Å². The molecule has 1 aromatic carbocycles. The van der Waals surface area contributed by atoms with E-state index in [9.17, 15) is 14.4 Å². The van der Waals surface area contributed by atoms with Crippen LogP contribution in [-0.4, -0.2) is 52.8 Å². The van der Waals surface area contributed by atoms with Crippen LogP contribution in [0.1, 0.15) is 93.1 Å². The van der Waals surface area contributed by atoms with Crippen LogP contribution in [0.3, 0.4) is 0 Å². The highest BCUT2D eigenvalue weighted by molar-refractivity contribution is 5.98. The van der Waals surface area contributed by atoms with Crippen molar-refractivity contribution in [2.75, 3.05) is 18.8 Å². The zero-order chi connectivity index (χ0) is 29.7. The molecule has 0 unspecified atom stereocenters. The molecule has 42 heavy (non-hydrogen) atoms. The Morgan fingerprint density at radius 1 is 1.05 bits per heavy atom. The average molecular weight is 572 g/mol. The lowest BCUT2D eigenvalue weighted by Gasteiger charge is -2.41. The number of carbonyl (C=O) groups excluding carboxylic acids is 3. The number of likely N-dealkylation sites (tertiary alicyclic amines) is 1. The molecule has 224 valence electrons. The van der Waals surface area contributed by atoms with Gasteiger partial charge in [-0.1, -0.05) is 88.8 Å². The van der Waals surface area contributed by atoms with Crippen LogP contribution in [-0.2, 0) is 15.0 Å². The summed E-state index contributed by atoms with van der Waals surface area (Å²) in [7, 11) is 0. The zero-order valence-corrected chi connectivity index (χ0v) is 25.0. The smallest absolute Gasteiger partial charge is 0.253 e. The predicted octanol–water partition coefficient (Wildman–Crippen LogP) is 4.85. The number of fused-ring (bicyclic) bond motifs is 2. The maximum Gasteiger partial charge on any atom is 0.253 e. The molecule has 3 aliphatic rings. The van der Waals surface area contributed by atoms with Crippen LogP contribution in [0.15, 0.2) is 48.7 Å². The van der Waals surface area contributed by atoms with Crippen LogP contribution >= 0.6 is 0 Å². The van der Waals surface area contributed by atoms with E-state index in [1.807, 2.05) is 18.7 Å². The molecule has 8 heteroatoms. The Morgan fingerprint density at radius 3 is 2.48 bits per heavy atom. The third-order valence-corrected chi connectivity index (χ3v) is 9.79. The molecule has 8 nitrogen and oxygen atoms in total. The van der Waals surface area contributed by atoms with E-state index in [1.165, 1.54) is 23.7 Å². The quantitative estimate of drug-likeness (QED) is 0.398. The van der Waals surface area contributed by atoms with E-state index in [2.05, 4.69) is 52.0 Å². The first-order valence-corrected chi connectivity index (χ1v) is 15.7. The minimum atomic E-state index is -0.734. The van der Waals surface area contributed by atoms with E-state index in [0.717, 1.165) is 44.9 Å². The van der Waals surface area contributed by atoms with Gasteiger partial charge in [0.05, 0.1) is 5.56 Å². The Bertz CT molecular complexity index is 1290. The maximum atomic E-state index is 14.0. The van der Waals surface area contributed by atoms with Gasteiger partial charge in [0.15, 0.2) is 0 Å². The van der Waals surface area contributed by atoms with Crippen LogP contribution in [0.2, 0.25) is 0 Å². The highest BCUT2D eigenvalue weighted by Gasteiger charge is 2.41. The number of nitrogen functional groups attached to an aromatic ring is 1. The van der Waals surface area contributed by atoms with Crippen molar-refractivity contribution in [1.82, 2.24) is 20.5 Å². The van der Waals surface area contributed by atoms with Crippen LogP contribution < -0.4 is 16.4 Å². The van der Waals surface area contributed by atoms with Crippen LogP contribution in [0.4, 0.5) is 5.82 Å². The molecule has 1 spiro atoms. The normalized spacial score (nSPS) is 20.0. The lowest BCUT2D eigenvalue weighted by molar-refractivity contribution is -0.139. The van der Waals surface area contributed by atoms with E-state index in [-0.39, 0.29) is 29.1 Å². The van der Waals surface area contributed by atoms with Gasteiger partial charge < -0.3 is 21.3 Å². The van der Waals surface area contributed by atoms with Crippen molar-refractivity contribution in [3.63, 3.8) is 0 Å². The highest BCUT2D eigenvalue weighted by atomic mass is 16.2. The van der Waals surface area contributed by atoms with Crippen LogP contribution in [0.25, 0.3) is 6.08 Å². The second kappa shape index (κ2) is 13.1. The molecule has 0 bridgehead atoms. The number of aromatic nitrogens is 1. The van der Waals surface area contributed by atoms with Gasteiger partial charge >= 0.3 is 0 Å². The number of pyridine rings is 1. The topological polar surface area (TPSA) is 117 Å². The fourth-order valence-electron chi connectivity index (χ4n) is 6.90. The number of nitrogens with zero attached hydrogens (tertiary/aromatic N) is 2. The summed E-state index contributed by atoms with van der Waals surface area (Å²) in [5.41, 5.74) is 8.64. The summed E-state index contributed by atoms with van der Waals surface area (Å²) in [6.45, 7) is 5.34. The third-order valence-electron chi connectivity index (χ3n) is 9.79. The first kappa shape index (κ1) is 29.8. The summed E-state index contributed by atoms with van der Waals surface area (Å²) in [5.74, 6) is -0.0502. The zero-order valence-electron chi connectivity index (χ0n) is 25.0. The molecule has 1 aliphatic heterocycles. The number of benzene rings is 1. The summed E-state index contributed by atoms with van der Waals surface area (Å²) in [6, 6.07) is 10.3. The molecular formula is C34H45N5O3. The van der Waals surface area contributed by atoms with Gasteiger partial charge in [0.2, 0.25) is 11.8 Å². The molecule has 1 aromatic heterocycles. The number of allylic oxidation sites excluding steroid dienone is 1. The molecule has 3 atom stereocenters. The predicted molar refractivity (Wildman–Crippen MR) is 165 cm³/mol. The number of anilines is 1. The van der Waals surface area contributed by atoms with Crippen molar-refractivity contribution in [2.45, 2.75) is 89.1 Å². The Kier molecular flexibility index (Phi) is 9.29. The number of hydrogen-bond acceptors (Lipinski definition) is 5. The molecule has 2 heterocycles. The lowest BCUT2D eigenvalue weighted by atomic mass is 9.74. The maximum absolute atomic E-state index is 14.0. The average Bonchev–Trinajstić information content (AvgIpc) is 3.37. The van der Waals surface area contributed by atoms with E-state index >= 15 is 0 Å². The second-order valence-corrected chi connectivity index (χ2v) is 12.5. The van der Waals surface area contributed by atoms with Crippen LogP contribution in [0, 0.1) is 11.8 Å². The van der Waals surface area contributed by atoms with Gasteiger partial charge in [0.25, 0.3) is 5.91 Å². The first-order valence-electron chi connectivity index (χ1n) is 15.7. The number of nitrogens with one attached hydrogen (secondary N) is 2. The van der Waals surface area contributed by atoms with Crippen molar-refractivity contribution >= 4 is 29.6 Å². The molecule has 5 rings (SSSR count). The van der Waals surface area contributed by atoms with E-state index in [1.54, 1.807) is 12.1 Å². The summed E-state index contributed by atoms with van der Waals surface area (Å²) < 4.78 is 0. The summed E-state index contributed by atoms with van der Waals surface area (Å²) in [5, 5.41) is 6.06. The Balaban J connectivity index is 1.28. The highest BCUT2D eigenvalue weighted by Crippen LogP contribution is 2.43. The van der Waals surface area contributed by atoms with E-state index in [4.69, 9.17) is 5.73 Å². The second-order valence-electron chi connectivity index (χ2n) is 12.5. The minimum absolute atomic E-state index is 0.0190. The monoisotopic (exact) mass is 571 g/mol. The fraction of sp³-hybridized carbons (Fsp3) is 0.529. The third kappa shape index (κ3) is 6.53. The molecule has 2 fully saturated rings. The van der Waals surface area contributed by atoms with Gasteiger partial charge in [-0.05, 0) is 54.4 Å². The lowest BCUT2D eigenvalue weighted by Crippen LogP contribution is -2.58. The fourth-order valence-corrected chi connectivity index (χ4v) is 6.90. The standard InChI is InChI=1S/C34H45N5O3/c1-3-23(2)30(33(42)39-19-17-34(18-20-39)16-15-25-11-7-8-12-27(25)34)38-32(41)28(21-24-9-5-4-6-10-24)37-31(40)26-13-14-29(35)36-22-26/h7-8,11-16,22-24,28,30H,3-6,9-10,17-21H2,1-2H3,(H2,35,36)(H,37,40)(H,38,41)/t23-,28-,30-/m0/s1. The SMILES string of the molecule is CC[C@H](C)[C@H](NC(=O)[C@H](CC1CCCCC1)NC(=O)c1ccc(N)nc1)C(=O)N1CCC2(C=Cc3ccccc32)CC1. The van der Waals surface area contributed by atoms with Gasteiger partial charge in [-0.15, -0.1) is 0 Å². The van der Waals surface area contributed by atoms with Gasteiger partial charge in [-0.25, -0.2) is 4.98 Å². The van der Waals surface area contributed by atoms with Crippen molar-refractivity contribution in [1.29, 1.82) is 0 Å². The summed E-state index contributed by atoms with van der Waals surface area (Å²) in [6.07, 6.45) is 14.5. The first-order chi connectivity index (χ1) is 20.3. The molecule has 1 saturated heterocycles. The number of piperidine rings is 1. The largest absolute Gasteiger partial charge is 0.384 e. The van der Waals surface area contributed by atoms with Gasteiger partial charge in [0.1, 0.15) is 17.9 Å². The Hall–Kier alpha value is -3.68. The molecule has 4 N–H and O–H groups in total. The summed E-state index contributed by atoms with van der Waals surface area (Å²) >= 11 is 0. The molecule has 2 aromatic rings. The number of hydrogen-bond donors (Lipinski definition) is 3. The Morgan fingerprint density at radius 2 is 1.79 bits per heavy atom. The van der Waals surface area contributed by atoms with Crippen molar-refractivity contribution in [3.05, 3.63) is 65.4 Å². The molecule has 0 radical (unpaired) electrons. The van der Waals surface area contributed by atoms with E-state index < -0.39 is 12.1 Å². The van der Waals surface area contributed by atoms with Crippen molar-refractivity contribution < 1.29 is 14.4 Å².